The van der Waals surface area contributed by atoms with Crippen LogP contribution in [-0.4, -0.2) is 9.55 Å². The zero-order chi connectivity index (χ0) is 11.0. The molecule has 0 aliphatic rings. The number of nitrogens with one attached hydrogen (secondary N) is 1. The molecule has 80 valence electrons. The summed E-state index contributed by atoms with van der Waals surface area (Å²) in [5.74, 6) is 6.14. The van der Waals surface area contributed by atoms with Gasteiger partial charge < -0.3 is 4.57 Å². The fourth-order valence-electron chi connectivity index (χ4n) is 1.70. The number of aromatic nitrogens is 2. The normalized spacial score (nSPS) is 11.3. The van der Waals surface area contributed by atoms with Crippen LogP contribution in [-0.2, 0) is 0 Å². The molecule has 0 saturated heterocycles. The summed E-state index contributed by atoms with van der Waals surface area (Å²) in [6.07, 6.45) is 0. The Bertz CT molecular complexity index is 489. The molecule has 0 amide bonds. The molecule has 4 nitrogen and oxygen atoms in total. The van der Waals surface area contributed by atoms with Gasteiger partial charge in [-0.15, -0.1) is 0 Å². The van der Waals surface area contributed by atoms with E-state index >= 15 is 0 Å². The molecular weight excluding hydrogens is 256 g/mol. The molecule has 2 aromatic rings. The van der Waals surface area contributed by atoms with Crippen molar-refractivity contribution in [2.75, 3.05) is 5.43 Å². The maximum atomic E-state index is 5.45. The van der Waals surface area contributed by atoms with Gasteiger partial charge in [-0.1, -0.05) is 15.9 Å². The molecule has 1 aromatic carbocycles. The molecule has 1 heterocycles. The summed E-state index contributed by atoms with van der Waals surface area (Å²) in [4.78, 5) is 4.41. The van der Waals surface area contributed by atoms with Gasteiger partial charge in [0, 0.05) is 10.5 Å². The standard InChI is InChI=1S/C10H13BrN4/c1-6(2)15-9-4-3-7(11)5-8(9)13-10(15)14-12/h3-6H,12H2,1-2H3,(H,13,14). The van der Waals surface area contributed by atoms with Gasteiger partial charge in [-0.2, -0.15) is 0 Å². The number of halogens is 1. The maximum Gasteiger partial charge on any atom is 0.218 e. The van der Waals surface area contributed by atoms with E-state index < -0.39 is 0 Å². The van der Waals surface area contributed by atoms with Crippen LogP contribution in [0.3, 0.4) is 0 Å². The van der Waals surface area contributed by atoms with E-state index in [1.165, 1.54) is 0 Å². The van der Waals surface area contributed by atoms with E-state index in [1.54, 1.807) is 0 Å². The van der Waals surface area contributed by atoms with Crippen LogP contribution in [0.5, 0.6) is 0 Å². The Morgan fingerprint density at radius 1 is 1.47 bits per heavy atom. The molecule has 3 N–H and O–H groups in total. The van der Waals surface area contributed by atoms with E-state index in [0.29, 0.717) is 12.0 Å². The van der Waals surface area contributed by atoms with E-state index in [-0.39, 0.29) is 0 Å². The average Bonchev–Trinajstić information content (AvgIpc) is 2.54. The Morgan fingerprint density at radius 3 is 2.80 bits per heavy atom. The lowest BCUT2D eigenvalue weighted by Gasteiger charge is -2.11. The molecule has 0 aliphatic heterocycles. The van der Waals surface area contributed by atoms with E-state index in [4.69, 9.17) is 5.84 Å². The van der Waals surface area contributed by atoms with Gasteiger partial charge in [-0.3, -0.25) is 5.43 Å². The van der Waals surface area contributed by atoms with Crippen molar-refractivity contribution in [1.29, 1.82) is 0 Å². The summed E-state index contributed by atoms with van der Waals surface area (Å²) in [6, 6.07) is 6.34. The summed E-state index contributed by atoms with van der Waals surface area (Å²) < 4.78 is 3.09. The van der Waals surface area contributed by atoms with Crippen LogP contribution in [0.15, 0.2) is 22.7 Å². The van der Waals surface area contributed by atoms with Gasteiger partial charge in [-0.05, 0) is 32.0 Å². The summed E-state index contributed by atoms with van der Waals surface area (Å²) in [5, 5.41) is 0. The highest BCUT2D eigenvalue weighted by molar-refractivity contribution is 9.10. The molecule has 0 fully saturated rings. The summed E-state index contributed by atoms with van der Waals surface area (Å²) >= 11 is 3.42. The number of nitrogens with zero attached hydrogens (tertiary/aromatic N) is 2. The van der Waals surface area contributed by atoms with Crippen LogP contribution in [0, 0.1) is 0 Å². The second kappa shape index (κ2) is 3.83. The zero-order valence-corrected chi connectivity index (χ0v) is 10.2. The van der Waals surface area contributed by atoms with Crippen LogP contribution in [0.2, 0.25) is 0 Å². The molecule has 0 saturated carbocycles. The fraction of sp³-hybridized carbons (Fsp3) is 0.300. The topological polar surface area (TPSA) is 55.9 Å². The quantitative estimate of drug-likeness (QED) is 0.651. The molecule has 5 heteroatoms. The number of hydrogen-bond donors (Lipinski definition) is 2. The molecule has 0 bridgehead atoms. The number of benzene rings is 1. The predicted octanol–water partition coefficient (Wildman–Crippen LogP) is 2.67. The number of fused-ring (bicyclic) bond motifs is 1. The van der Waals surface area contributed by atoms with Crippen molar-refractivity contribution in [2.45, 2.75) is 19.9 Å². The first kappa shape index (κ1) is 10.4. The van der Waals surface area contributed by atoms with E-state index in [9.17, 15) is 0 Å². The van der Waals surface area contributed by atoms with Gasteiger partial charge in [0.25, 0.3) is 0 Å². The van der Waals surface area contributed by atoms with Crippen molar-refractivity contribution < 1.29 is 0 Å². The molecule has 1 aromatic heterocycles. The van der Waals surface area contributed by atoms with Gasteiger partial charge in [0.1, 0.15) is 0 Å². The van der Waals surface area contributed by atoms with E-state index in [1.807, 2.05) is 18.2 Å². The van der Waals surface area contributed by atoms with Crippen molar-refractivity contribution in [3.8, 4) is 0 Å². The van der Waals surface area contributed by atoms with E-state index in [2.05, 4.69) is 44.8 Å². The smallest absolute Gasteiger partial charge is 0.218 e. The number of hydrogen-bond acceptors (Lipinski definition) is 3. The molecule has 0 spiro atoms. The van der Waals surface area contributed by atoms with Gasteiger partial charge in [-0.25, -0.2) is 10.8 Å². The minimum atomic E-state index is 0.322. The Morgan fingerprint density at radius 2 is 2.20 bits per heavy atom. The molecule has 0 atom stereocenters. The summed E-state index contributed by atoms with van der Waals surface area (Å²) in [6.45, 7) is 4.20. The fourth-order valence-corrected chi connectivity index (χ4v) is 2.05. The van der Waals surface area contributed by atoms with Crippen LogP contribution in [0.4, 0.5) is 5.95 Å². The largest absolute Gasteiger partial charge is 0.307 e. The van der Waals surface area contributed by atoms with Crippen molar-refractivity contribution in [3.63, 3.8) is 0 Å². The molecule has 2 rings (SSSR count). The second-order valence-electron chi connectivity index (χ2n) is 3.68. The number of imidazole rings is 1. The Labute approximate surface area is 96.6 Å². The first-order valence-corrected chi connectivity index (χ1v) is 5.57. The van der Waals surface area contributed by atoms with Gasteiger partial charge in [0.2, 0.25) is 5.95 Å². The van der Waals surface area contributed by atoms with Gasteiger partial charge in [0.05, 0.1) is 11.0 Å². The number of nitrogens with two attached hydrogens (primary N) is 1. The van der Waals surface area contributed by atoms with Crippen LogP contribution >= 0.6 is 15.9 Å². The highest BCUT2D eigenvalue weighted by Crippen LogP contribution is 2.26. The Balaban J connectivity index is 2.74. The maximum absolute atomic E-state index is 5.45. The first-order valence-electron chi connectivity index (χ1n) is 4.77. The van der Waals surface area contributed by atoms with Crippen molar-refractivity contribution in [1.82, 2.24) is 9.55 Å². The minimum absolute atomic E-state index is 0.322. The lowest BCUT2D eigenvalue weighted by molar-refractivity contribution is 0.623. The number of anilines is 1. The third kappa shape index (κ3) is 1.72. The molecule has 15 heavy (non-hydrogen) atoms. The van der Waals surface area contributed by atoms with Crippen LogP contribution in [0.1, 0.15) is 19.9 Å². The van der Waals surface area contributed by atoms with Crippen molar-refractivity contribution in [2.24, 2.45) is 5.84 Å². The van der Waals surface area contributed by atoms with Gasteiger partial charge in [0.15, 0.2) is 0 Å². The highest BCUT2D eigenvalue weighted by atomic mass is 79.9. The third-order valence-electron chi connectivity index (χ3n) is 2.30. The third-order valence-corrected chi connectivity index (χ3v) is 2.79. The SMILES string of the molecule is CC(C)n1c(NN)nc2cc(Br)ccc21. The predicted molar refractivity (Wildman–Crippen MR) is 65.6 cm³/mol. The number of rotatable bonds is 2. The Kier molecular flexibility index (Phi) is 2.67. The highest BCUT2D eigenvalue weighted by Gasteiger charge is 2.11. The lowest BCUT2D eigenvalue weighted by atomic mass is 10.3. The summed E-state index contributed by atoms with van der Waals surface area (Å²) in [5.41, 5.74) is 4.64. The van der Waals surface area contributed by atoms with Crippen molar-refractivity contribution >= 4 is 32.9 Å². The minimum Gasteiger partial charge on any atom is -0.307 e. The van der Waals surface area contributed by atoms with E-state index in [0.717, 1.165) is 15.5 Å². The van der Waals surface area contributed by atoms with Crippen LogP contribution < -0.4 is 11.3 Å². The molecule has 0 unspecified atom stereocenters. The average molecular weight is 269 g/mol. The first-order chi connectivity index (χ1) is 7.13. The second-order valence-corrected chi connectivity index (χ2v) is 4.59. The Hall–Kier alpha value is -1.07. The lowest BCUT2D eigenvalue weighted by Crippen LogP contribution is -2.14. The summed E-state index contributed by atoms with van der Waals surface area (Å²) in [7, 11) is 0. The number of nitrogen functional groups attached to an aromatic ring is 1. The molecular formula is C10H13BrN4. The zero-order valence-electron chi connectivity index (χ0n) is 8.66. The molecule has 0 radical (unpaired) electrons. The number of hydrazine groups is 1. The van der Waals surface area contributed by atoms with Gasteiger partial charge >= 0.3 is 0 Å². The van der Waals surface area contributed by atoms with Crippen molar-refractivity contribution in [3.05, 3.63) is 22.7 Å². The monoisotopic (exact) mass is 268 g/mol. The molecule has 0 aliphatic carbocycles. The van der Waals surface area contributed by atoms with Crippen LogP contribution in [0.25, 0.3) is 11.0 Å².